The van der Waals surface area contributed by atoms with E-state index in [0.29, 0.717) is 17.4 Å². The SMILES string of the molecule is CC/C=C\C/C=C\C/C=C\C/C=C\C/C=C\C/C=C\CCCCC(=O)OC(COC(=O)CCCCCCC/C=C\CCCCC)COC(OCC[N+](C)(C)C)C(=O)O. The smallest absolute Gasteiger partial charge is 0.361 e. The van der Waals surface area contributed by atoms with Gasteiger partial charge in [0.25, 0.3) is 6.29 Å². The fourth-order valence-corrected chi connectivity index (χ4v) is 5.42. The molecule has 9 heteroatoms. The molecule has 0 heterocycles. The van der Waals surface area contributed by atoms with Crippen LogP contribution in [0.25, 0.3) is 0 Å². The average molecular weight is 813 g/mol. The minimum absolute atomic E-state index is 0.173. The first-order chi connectivity index (χ1) is 28.1. The molecule has 0 amide bonds. The third kappa shape index (κ3) is 40.7. The van der Waals surface area contributed by atoms with E-state index in [1.807, 2.05) is 21.1 Å². The van der Waals surface area contributed by atoms with Crippen molar-refractivity contribution in [1.29, 1.82) is 0 Å². The first-order valence-electron chi connectivity index (χ1n) is 22.3. The third-order valence-corrected chi connectivity index (χ3v) is 8.89. The Morgan fingerprint density at radius 2 is 0.983 bits per heavy atom. The van der Waals surface area contributed by atoms with Crippen LogP contribution in [0.1, 0.15) is 149 Å². The Morgan fingerprint density at radius 1 is 0.534 bits per heavy atom. The van der Waals surface area contributed by atoms with Gasteiger partial charge in [0.15, 0.2) is 6.10 Å². The van der Waals surface area contributed by atoms with Crippen molar-refractivity contribution >= 4 is 17.9 Å². The Morgan fingerprint density at radius 3 is 1.52 bits per heavy atom. The number of aliphatic carboxylic acids is 1. The van der Waals surface area contributed by atoms with E-state index in [1.54, 1.807) is 0 Å². The molecule has 9 nitrogen and oxygen atoms in total. The number of hydrogen-bond acceptors (Lipinski definition) is 7. The maximum Gasteiger partial charge on any atom is 0.361 e. The van der Waals surface area contributed by atoms with E-state index >= 15 is 0 Å². The van der Waals surface area contributed by atoms with Crippen molar-refractivity contribution in [1.82, 2.24) is 0 Å². The van der Waals surface area contributed by atoms with Gasteiger partial charge in [-0.2, -0.15) is 0 Å². The van der Waals surface area contributed by atoms with E-state index in [0.717, 1.165) is 89.9 Å². The summed E-state index contributed by atoms with van der Waals surface area (Å²) in [7, 11) is 5.92. The molecule has 0 rings (SSSR count). The maximum absolute atomic E-state index is 12.7. The molecule has 0 aliphatic carbocycles. The van der Waals surface area contributed by atoms with Crippen molar-refractivity contribution in [2.24, 2.45) is 0 Å². The van der Waals surface area contributed by atoms with Gasteiger partial charge in [-0.25, -0.2) is 4.79 Å². The van der Waals surface area contributed by atoms with Gasteiger partial charge in [0, 0.05) is 12.8 Å². The van der Waals surface area contributed by atoms with Gasteiger partial charge in [-0.1, -0.05) is 131 Å². The van der Waals surface area contributed by atoms with Crippen LogP contribution >= 0.6 is 0 Å². The lowest BCUT2D eigenvalue weighted by Gasteiger charge is -2.25. The molecule has 0 bridgehead atoms. The lowest BCUT2D eigenvalue weighted by atomic mass is 10.1. The molecule has 0 aromatic rings. The summed E-state index contributed by atoms with van der Waals surface area (Å²) in [5.74, 6) is -2.09. The number of rotatable bonds is 39. The fraction of sp³-hybridized carbons (Fsp3) is 0.653. The standard InChI is InChI=1S/C49H81NO8/c1-6-8-10-12-14-16-18-20-21-22-23-24-25-26-27-28-30-32-34-36-38-40-47(52)58-45(44-57-49(48(53)54)55-42-41-50(3,4)5)43-56-46(51)39-37-35-33-31-29-19-17-15-13-11-9-7-2/h8,10,14-17,20-21,23-24,26-27,30,32,45,49H,6-7,9,11-13,18-19,22,25,28-29,31,33-44H2,1-5H3/p+1/b10-8-,16-14-,17-15-,21-20-,24-23-,27-26-,32-30-. The number of carbonyl (C=O) groups excluding carboxylic acids is 2. The monoisotopic (exact) mass is 813 g/mol. The highest BCUT2D eigenvalue weighted by Gasteiger charge is 2.25. The number of nitrogens with zero attached hydrogens (tertiary/aromatic N) is 1. The van der Waals surface area contributed by atoms with Crippen molar-refractivity contribution in [2.75, 3.05) is 47.5 Å². The van der Waals surface area contributed by atoms with Crippen molar-refractivity contribution in [2.45, 2.75) is 161 Å². The number of quaternary nitrogens is 1. The van der Waals surface area contributed by atoms with E-state index in [2.05, 4.69) is 98.9 Å². The Kier molecular flexibility index (Phi) is 37.8. The molecular weight excluding hydrogens is 731 g/mol. The normalized spacial score (nSPS) is 13.7. The zero-order valence-electron chi connectivity index (χ0n) is 37.2. The van der Waals surface area contributed by atoms with Crippen LogP contribution in [0.2, 0.25) is 0 Å². The first-order valence-corrected chi connectivity index (χ1v) is 22.3. The van der Waals surface area contributed by atoms with Crippen LogP contribution in [-0.2, 0) is 33.3 Å². The Bertz CT molecular complexity index is 1220. The summed E-state index contributed by atoms with van der Waals surface area (Å²) in [6.07, 6.45) is 47.9. The molecule has 2 atom stereocenters. The van der Waals surface area contributed by atoms with E-state index in [9.17, 15) is 19.5 Å². The lowest BCUT2D eigenvalue weighted by molar-refractivity contribution is -0.870. The second-order valence-corrected chi connectivity index (χ2v) is 15.6. The first kappa shape index (κ1) is 54.5. The van der Waals surface area contributed by atoms with E-state index in [-0.39, 0.29) is 38.6 Å². The van der Waals surface area contributed by atoms with Crippen LogP contribution in [0, 0.1) is 0 Å². The Labute approximate surface area is 353 Å². The maximum atomic E-state index is 12.7. The fourth-order valence-electron chi connectivity index (χ4n) is 5.42. The van der Waals surface area contributed by atoms with Crippen LogP contribution in [0.15, 0.2) is 85.1 Å². The number of carbonyl (C=O) groups is 3. The second kappa shape index (κ2) is 40.3. The van der Waals surface area contributed by atoms with Crippen LogP contribution < -0.4 is 0 Å². The van der Waals surface area contributed by atoms with Gasteiger partial charge >= 0.3 is 17.9 Å². The van der Waals surface area contributed by atoms with Crippen LogP contribution in [0.5, 0.6) is 0 Å². The number of esters is 2. The minimum Gasteiger partial charge on any atom is -0.477 e. The predicted molar refractivity (Wildman–Crippen MR) is 239 cm³/mol. The molecule has 0 radical (unpaired) electrons. The molecule has 58 heavy (non-hydrogen) atoms. The van der Waals surface area contributed by atoms with Gasteiger partial charge in [-0.15, -0.1) is 0 Å². The van der Waals surface area contributed by atoms with Crippen molar-refractivity contribution in [3.63, 3.8) is 0 Å². The number of carboxylic acid groups (broad SMARTS) is 1. The number of ether oxygens (including phenoxy) is 4. The molecule has 2 unspecified atom stereocenters. The molecule has 330 valence electrons. The Balaban J connectivity index is 4.55. The molecular formula is C49H82NO8+. The zero-order chi connectivity index (χ0) is 42.8. The molecule has 0 aromatic heterocycles. The molecule has 0 aliphatic rings. The highest BCUT2D eigenvalue weighted by molar-refractivity contribution is 5.71. The quantitative estimate of drug-likeness (QED) is 0.0215. The van der Waals surface area contributed by atoms with Crippen molar-refractivity contribution < 1.29 is 42.9 Å². The Hall–Kier alpha value is -3.53. The summed E-state index contributed by atoms with van der Waals surface area (Å²) in [5.41, 5.74) is 0. The van der Waals surface area contributed by atoms with Gasteiger partial charge < -0.3 is 28.5 Å². The summed E-state index contributed by atoms with van der Waals surface area (Å²) in [6.45, 7) is 4.64. The number of unbranched alkanes of at least 4 members (excludes halogenated alkanes) is 10. The average Bonchev–Trinajstić information content (AvgIpc) is 3.18. The summed E-state index contributed by atoms with van der Waals surface area (Å²) in [4.78, 5) is 37.1. The predicted octanol–water partition coefficient (Wildman–Crippen LogP) is 11.7. The van der Waals surface area contributed by atoms with Crippen molar-refractivity contribution in [3.05, 3.63) is 85.1 Å². The number of carboxylic acids is 1. The van der Waals surface area contributed by atoms with Gasteiger partial charge in [0.05, 0.1) is 34.4 Å². The van der Waals surface area contributed by atoms with E-state index in [4.69, 9.17) is 18.9 Å². The molecule has 0 saturated carbocycles. The number of hydrogen-bond donors (Lipinski definition) is 1. The lowest BCUT2D eigenvalue weighted by Crippen LogP contribution is -2.40. The number of likely N-dealkylation sites (N-methyl/N-ethyl adjacent to an activating group) is 1. The molecule has 0 fully saturated rings. The summed E-state index contributed by atoms with van der Waals surface area (Å²) >= 11 is 0. The van der Waals surface area contributed by atoms with Gasteiger partial charge in [-0.3, -0.25) is 9.59 Å². The molecule has 0 aromatic carbocycles. The molecule has 1 N–H and O–H groups in total. The van der Waals surface area contributed by atoms with Gasteiger partial charge in [0.1, 0.15) is 13.2 Å². The minimum atomic E-state index is -1.53. The van der Waals surface area contributed by atoms with Crippen LogP contribution in [0.3, 0.4) is 0 Å². The highest BCUT2D eigenvalue weighted by atomic mass is 16.7. The molecule has 0 saturated heterocycles. The zero-order valence-corrected chi connectivity index (χ0v) is 37.2. The largest absolute Gasteiger partial charge is 0.477 e. The summed E-state index contributed by atoms with van der Waals surface area (Å²) < 4.78 is 22.6. The third-order valence-electron chi connectivity index (χ3n) is 8.89. The van der Waals surface area contributed by atoms with Gasteiger partial charge in [0.2, 0.25) is 0 Å². The van der Waals surface area contributed by atoms with Crippen LogP contribution in [0.4, 0.5) is 0 Å². The van der Waals surface area contributed by atoms with Crippen LogP contribution in [-0.4, -0.2) is 87.4 Å². The molecule has 0 spiro atoms. The van der Waals surface area contributed by atoms with E-state index < -0.39 is 24.3 Å². The second-order valence-electron chi connectivity index (χ2n) is 15.6. The summed E-state index contributed by atoms with van der Waals surface area (Å²) in [5, 5.41) is 9.62. The highest BCUT2D eigenvalue weighted by Crippen LogP contribution is 2.11. The van der Waals surface area contributed by atoms with Crippen molar-refractivity contribution in [3.8, 4) is 0 Å². The molecule has 0 aliphatic heterocycles. The van der Waals surface area contributed by atoms with Gasteiger partial charge in [-0.05, 0) is 89.9 Å². The topological polar surface area (TPSA) is 108 Å². The summed E-state index contributed by atoms with van der Waals surface area (Å²) in [6, 6.07) is 0. The number of allylic oxidation sites excluding steroid dienone is 14. The van der Waals surface area contributed by atoms with E-state index in [1.165, 1.54) is 25.7 Å².